The molecule has 3 rings (SSSR count). The first-order chi connectivity index (χ1) is 8.36. The van der Waals surface area contributed by atoms with Gasteiger partial charge < -0.3 is 10.3 Å². The Morgan fingerprint density at radius 1 is 1.35 bits per heavy atom. The van der Waals surface area contributed by atoms with Gasteiger partial charge in [-0.3, -0.25) is 0 Å². The number of aromatic nitrogens is 6. The van der Waals surface area contributed by atoms with E-state index in [4.69, 9.17) is 0 Å². The van der Waals surface area contributed by atoms with Crippen LogP contribution in [0.25, 0.3) is 11.2 Å². The Morgan fingerprint density at radius 3 is 3.06 bits per heavy atom. The van der Waals surface area contributed by atoms with E-state index in [1.165, 1.54) is 29.6 Å². The summed E-state index contributed by atoms with van der Waals surface area (Å²) in [7, 11) is 1.77. The van der Waals surface area contributed by atoms with Crippen LogP contribution < -0.4 is 5.32 Å². The van der Waals surface area contributed by atoms with Gasteiger partial charge in [0.2, 0.25) is 5.95 Å². The number of nitrogens with zero attached hydrogens (tertiary/aromatic N) is 5. The van der Waals surface area contributed by atoms with E-state index in [-0.39, 0.29) is 0 Å². The lowest BCUT2D eigenvalue weighted by molar-refractivity contribution is 1.08. The molecule has 86 valence electrons. The van der Waals surface area contributed by atoms with Gasteiger partial charge in [0.05, 0.1) is 6.33 Å². The molecule has 0 radical (unpaired) electrons. The van der Waals surface area contributed by atoms with Crippen LogP contribution >= 0.6 is 23.3 Å². The Bertz CT molecular complexity index is 632. The standard InChI is InChI=1S/C8H7N7S2/c1-9-7-14-5-4(10-2-11-5)6(15-7)16-8-12-3-13-17-8/h2-3H,1H3,(H2,9,10,11,14,15). The topological polar surface area (TPSA) is 92.3 Å². The third-order valence-corrected chi connectivity index (χ3v) is 3.70. The zero-order valence-electron chi connectivity index (χ0n) is 8.71. The lowest BCUT2D eigenvalue weighted by Crippen LogP contribution is -1.98. The van der Waals surface area contributed by atoms with Gasteiger partial charge >= 0.3 is 0 Å². The van der Waals surface area contributed by atoms with Crippen molar-refractivity contribution in [2.75, 3.05) is 12.4 Å². The molecule has 0 unspecified atom stereocenters. The minimum atomic E-state index is 0.539. The van der Waals surface area contributed by atoms with Crippen LogP contribution in [0.5, 0.6) is 0 Å². The van der Waals surface area contributed by atoms with Crippen molar-refractivity contribution in [3.8, 4) is 0 Å². The van der Waals surface area contributed by atoms with Crippen molar-refractivity contribution >= 4 is 40.4 Å². The van der Waals surface area contributed by atoms with E-state index >= 15 is 0 Å². The lowest BCUT2D eigenvalue weighted by atomic mass is 10.5. The Labute approximate surface area is 104 Å². The molecule has 0 aliphatic carbocycles. The molecule has 7 nitrogen and oxygen atoms in total. The Morgan fingerprint density at radius 2 is 2.29 bits per heavy atom. The highest BCUT2D eigenvalue weighted by atomic mass is 32.2. The molecule has 17 heavy (non-hydrogen) atoms. The van der Waals surface area contributed by atoms with Crippen LogP contribution in [0.4, 0.5) is 5.95 Å². The summed E-state index contributed by atoms with van der Waals surface area (Å²) in [6.07, 6.45) is 3.13. The smallest absolute Gasteiger partial charge is 0.225 e. The fraction of sp³-hybridized carbons (Fsp3) is 0.125. The Balaban J connectivity index is 2.10. The predicted octanol–water partition coefficient (Wildman–Crippen LogP) is 1.40. The highest BCUT2D eigenvalue weighted by molar-refractivity contribution is 8.01. The monoisotopic (exact) mass is 265 g/mol. The SMILES string of the molecule is CNc1nc(Sc2ncns2)c2[nH]cnc2n1. The van der Waals surface area contributed by atoms with E-state index in [9.17, 15) is 0 Å². The highest BCUT2D eigenvalue weighted by Gasteiger charge is 2.12. The van der Waals surface area contributed by atoms with Crippen molar-refractivity contribution in [2.45, 2.75) is 9.37 Å². The van der Waals surface area contributed by atoms with Crippen LogP contribution in [0.1, 0.15) is 0 Å². The summed E-state index contributed by atoms with van der Waals surface area (Å²) in [5, 5.41) is 3.69. The third-order valence-electron chi connectivity index (χ3n) is 2.00. The van der Waals surface area contributed by atoms with E-state index in [1.54, 1.807) is 13.4 Å². The molecule has 0 aromatic carbocycles. The normalized spacial score (nSPS) is 10.9. The molecular formula is C8H7N7S2. The maximum absolute atomic E-state index is 4.37. The Hall–Kier alpha value is -1.74. The molecule has 0 saturated carbocycles. The van der Waals surface area contributed by atoms with Crippen LogP contribution in [-0.2, 0) is 0 Å². The summed E-state index contributed by atoms with van der Waals surface area (Å²) in [6.45, 7) is 0. The van der Waals surface area contributed by atoms with Gasteiger partial charge in [0.25, 0.3) is 0 Å². The predicted molar refractivity (Wildman–Crippen MR) is 65.3 cm³/mol. The van der Waals surface area contributed by atoms with Crippen LogP contribution in [-0.4, -0.2) is 36.3 Å². The van der Waals surface area contributed by atoms with E-state index in [0.29, 0.717) is 11.6 Å². The van der Waals surface area contributed by atoms with E-state index in [1.807, 2.05) is 0 Å². The molecule has 3 aromatic rings. The van der Waals surface area contributed by atoms with Gasteiger partial charge in [-0.25, -0.2) is 15.0 Å². The van der Waals surface area contributed by atoms with Gasteiger partial charge in [0, 0.05) is 7.05 Å². The number of H-pyrrole nitrogens is 1. The van der Waals surface area contributed by atoms with Crippen LogP contribution in [0, 0.1) is 0 Å². The van der Waals surface area contributed by atoms with Crippen molar-refractivity contribution in [1.82, 2.24) is 29.3 Å². The van der Waals surface area contributed by atoms with Gasteiger partial charge in [0.1, 0.15) is 16.9 Å². The summed E-state index contributed by atoms with van der Waals surface area (Å²) in [4.78, 5) is 19.9. The van der Waals surface area contributed by atoms with E-state index < -0.39 is 0 Å². The van der Waals surface area contributed by atoms with Gasteiger partial charge in [-0.1, -0.05) is 0 Å². The summed E-state index contributed by atoms with van der Waals surface area (Å²) in [6, 6.07) is 0. The molecule has 2 N–H and O–H groups in total. The van der Waals surface area contributed by atoms with Gasteiger partial charge in [-0.05, 0) is 23.3 Å². The van der Waals surface area contributed by atoms with Crippen LogP contribution in [0.15, 0.2) is 22.0 Å². The second-order valence-corrected chi connectivity index (χ2v) is 5.03. The van der Waals surface area contributed by atoms with Gasteiger partial charge in [-0.15, -0.1) is 0 Å². The van der Waals surface area contributed by atoms with Gasteiger partial charge in [0.15, 0.2) is 9.99 Å². The average Bonchev–Trinajstić information content (AvgIpc) is 2.98. The highest BCUT2D eigenvalue weighted by Crippen LogP contribution is 2.31. The summed E-state index contributed by atoms with van der Waals surface area (Å²) in [5.74, 6) is 0.539. The second kappa shape index (κ2) is 4.26. The summed E-state index contributed by atoms with van der Waals surface area (Å²) in [5.41, 5.74) is 1.44. The minimum absolute atomic E-state index is 0.539. The average molecular weight is 265 g/mol. The van der Waals surface area contributed by atoms with E-state index in [0.717, 1.165) is 14.9 Å². The van der Waals surface area contributed by atoms with Crippen LogP contribution in [0.2, 0.25) is 0 Å². The molecule has 0 bridgehead atoms. The third kappa shape index (κ3) is 1.94. The van der Waals surface area contributed by atoms with Crippen molar-refractivity contribution in [3.05, 3.63) is 12.7 Å². The molecule has 0 saturated heterocycles. The zero-order valence-corrected chi connectivity index (χ0v) is 10.3. The van der Waals surface area contributed by atoms with Crippen molar-refractivity contribution in [3.63, 3.8) is 0 Å². The summed E-state index contributed by atoms with van der Waals surface area (Å²) >= 11 is 2.77. The number of hydrogen-bond acceptors (Lipinski definition) is 8. The van der Waals surface area contributed by atoms with Crippen molar-refractivity contribution in [1.29, 1.82) is 0 Å². The lowest BCUT2D eigenvalue weighted by Gasteiger charge is -2.02. The first-order valence-electron chi connectivity index (χ1n) is 4.70. The number of nitrogens with one attached hydrogen (secondary N) is 2. The minimum Gasteiger partial charge on any atom is -0.357 e. The molecule has 0 aliphatic rings. The molecule has 0 aliphatic heterocycles. The number of hydrogen-bond donors (Lipinski definition) is 2. The molecule has 9 heteroatoms. The maximum atomic E-state index is 4.37. The first kappa shape index (κ1) is 10.4. The largest absolute Gasteiger partial charge is 0.357 e. The second-order valence-electron chi connectivity index (χ2n) is 3.01. The number of rotatable bonds is 3. The molecule has 0 atom stereocenters. The first-order valence-corrected chi connectivity index (χ1v) is 6.29. The van der Waals surface area contributed by atoms with Gasteiger partial charge in [-0.2, -0.15) is 9.36 Å². The molecule has 0 spiro atoms. The fourth-order valence-electron chi connectivity index (χ4n) is 1.28. The maximum Gasteiger partial charge on any atom is 0.225 e. The number of imidazole rings is 1. The van der Waals surface area contributed by atoms with Crippen molar-refractivity contribution in [2.24, 2.45) is 0 Å². The zero-order chi connectivity index (χ0) is 11.7. The molecule has 3 heterocycles. The number of aromatic amines is 1. The molecule has 0 amide bonds. The Kier molecular flexibility index (Phi) is 2.61. The van der Waals surface area contributed by atoms with E-state index in [2.05, 4.69) is 34.6 Å². The molecule has 0 fully saturated rings. The summed E-state index contributed by atoms with van der Waals surface area (Å²) < 4.78 is 4.79. The van der Waals surface area contributed by atoms with Crippen molar-refractivity contribution < 1.29 is 0 Å². The fourth-order valence-corrected chi connectivity index (χ4v) is 2.73. The number of fused-ring (bicyclic) bond motifs is 1. The molecular weight excluding hydrogens is 258 g/mol. The van der Waals surface area contributed by atoms with Crippen LogP contribution in [0.3, 0.4) is 0 Å². The quantitative estimate of drug-likeness (QED) is 0.691. The number of anilines is 1. The molecule has 3 aromatic heterocycles.